The molecule has 1 aliphatic carbocycles. The second kappa shape index (κ2) is 7.58. The summed E-state index contributed by atoms with van der Waals surface area (Å²) >= 11 is 0. The number of aromatic hydroxyl groups is 1. The number of hydrogen-bond donors (Lipinski definition) is 3. The molecule has 0 bridgehead atoms. The summed E-state index contributed by atoms with van der Waals surface area (Å²) in [5, 5.41) is 20.3. The van der Waals surface area contributed by atoms with Gasteiger partial charge in [0.2, 0.25) is 0 Å². The van der Waals surface area contributed by atoms with Crippen LogP contribution in [0.1, 0.15) is 48.7 Å². The van der Waals surface area contributed by atoms with Crippen molar-refractivity contribution in [1.29, 1.82) is 0 Å². The zero-order valence-electron chi connectivity index (χ0n) is 18.2. The Bertz CT molecular complexity index is 1290. The molecule has 2 heterocycles. The van der Waals surface area contributed by atoms with Crippen LogP contribution in [-0.4, -0.2) is 26.6 Å². The number of carbonyl (C=O) groups excluding carboxylic acids is 2. The molecule has 0 radical (unpaired) electrons. The standard InChI is InChI=1S/C25H23FN4O3/c1-25(2)11-19-21(20(32)12-25)22(14-3-9-17(31)10-4-14)30-23(29-19)18(13-27-30)24(33)28-16-7-5-15(26)6-8-16/h3-10,13,22,29,31H,11-12H2,1-2H3,(H,28,33). The van der Waals surface area contributed by atoms with Gasteiger partial charge in [-0.3, -0.25) is 9.59 Å². The van der Waals surface area contributed by atoms with Crippen LogP contribution in [0.25, 0.3) is 0 Å². The molecule has 2 aromatic carbocycles. The lowest BCUT2D eigenvalue weighted by Crippen LogP contribution is -2.36. The van der Waals surface area contributed by atoms with E-state index in [0.717, 1.165) is 11.3 Å². The third-order valence-electron chi connectivity index (χ3n) is 6.06. The van der Waals surface area contributed by atoms with Crippen molar-refractivity contribution in [2.45, 2.75) is 32.7 Å². The predicted molar refractivity (Wildman–Crippen MR) is 121 cm³/mol. The average molecular weight is 446 g/mol. The molecule has 0 saturated heterocycles. The first kappa shape index (κ1) is 20.9. The molecule has 33 heavy (non-hydrogen) atoms. The molecule has 1 amide bonds. The summed E-state index contributed by atoms with van der Waals surface area (Å²) in [6.45, 7) is 4.08. The van der Waals surface area contributed by atoms with Crippen molar-refractivity contribution >= 4 is 23.2 Å². The minimum Gasteiger partial charge on any atom is -0.508 e. The maximum atomic E-state index is 13.2. The third kappa shape index (κ3) is 3.77. The summed E-state index contributed by atoms with van der Waals surface area (Å²) in [6, 6.07) is 11.6. The second-order valence-corrected chi connectivity index (χ2v) is 9.26. The number of amides is 1. The van der Waals surface area contributed by atoms with Crippen molar-refractivity contribution in [2.75, 3.05) is 10.6 Å². The van der Waals surface area contributed by atoms with Gasteiger partial charge in [-0.2, -0.15) is 5.10 Å². The van der Waals surface area contributed by atoms with Crippen LogP contribution in [0.5, 0.6) is 5.75 Å². The number of phenolic OH excluding ortho intramolecular Hbond substituents is 1. The fourth-order valence-electron chi connectivity index (χ4n) is 4.57. The van der Waals surface area contributed by atoms with Gasteiger partial charge in [0.05, 0.1) is 6.20 Å². The number of allylic oxidation sites excluding steroid dienone is 2. The number of carbonyl (C=O) groups is 2. The molecule has 0 spiro atoms. The number of halogens is 1. The van der Waals surface area contributed by atoms with Gasteiger partial charge in [-0.25, -0.2) is 9.07 Å². The maximum Gasteiger partial charge on any atom is 0.261 e. The molecule has 0 fully saturated rings. The van der Waals surface area contributed by atoms with Gasteiger partial charge in [0.25, 0.3) is 5.91 Å². The predicted octanol–water partition coefficient (Wildman–Crippen LogP) is 4.64. The lowest BCUT2D eigenvalue weighted by molar-refractivity contribution is -0.118. The summed E-state index contributed by atoms with van der Waals surface area (Å²) in [7, 11) is 0. The Labute approximate surface area is 189 Å². The minimum atomic E-state index is -0.521. The largest absolute Gasteiger partial charge is 0.508 e. The molecule has 1 aromatic heterocycles. The number of anilines is 2. The number of benzene rings is 2. The monoisotopic (exact) mass is 446 g/mol. The highest BCUT2D eigenvalue weighted by atomic mass is 19.1. The number of nitrogens with zero attached hydrogens (tertiary/aromatic N) is 2. The second-order valence-electron chi connectivity index (χ2n) is 9.26. The molecular weight excluding hydrogens is 423 g/mol. The fourth-order valence-corrected chi connectivity index (χ4v) is 4.57. The minimum absolute atomic E-state index is 0.0327. The van der Waals surface area contributed by atoms with E-state index in [1.54, 1.807) is 28.9 Å². The molecule has 0 saturated carbocycles. The average Bonchev–Trinajstić information content (AvgIpc) is 3.17. The molecule has 7 nitrogen and oxygen atoms in total. The van der Waals surface area contributed by atoms with Crippen LogP contribution in [0.4, 0.5) is 15.9 Å². The Morgan fingerprint density at radius 3 is 2.55 bits per heavy atom. The Morgan fingerprint density at radius 2 is 1.85 bits per heavy atom. The molecule has 5 rings (SSSR count). The Kier molecular flexibility index (Phi) is 4.81. The number of phenols is 1. The zero-order valence-corrected chi connectivity index (χ0v) is 18.2. The van der Waals surface area contributed by atoms with E-state index in [-0.39, 0.29) is 16.9 Å². The molecule has 2 aliphatic rings. The van der Waals surface area contributed by atoms with Crippen molar-refractivity contribution in [1.82, 2.24) is 9.78 Å². The molecule has 1 aliphatic heterocycles. The van der Waals surface area contributed by atoms with Gasteiger partial charge in [-0.1, -0.05) is 26.0 Å². The van der Waals surface area contributed by atoms with E-state index in [1.807, 2.05) is 13.8 Å². The first-order chi connectivity index (χ1) is 15.7. The van der Waals surface area contributed by atoms with E-state index < -0.39 is 17.8 Å². The Balaban J connectivity index is 1.58. The fraction of sp³-hybridized carbons (Fsp3) is 0.240. The van der Waals surface area contributed by atoms with Crippen molar-refractivity contribution < 1.29 is 19.1 Å². The Hall–Kier alpha value is -3.94. The SMILES string of the molecule is CC1(C)CC(=O)C2=C(C1)Nc1c(C(=O)Nc3ccc(F)cc3)cnn1C2c1ccc(O)cc1. The normalized spacial score (nSPS) is 18.9. The number of nitrogens with one attached hydrogen (secondary N) is 2. The molecule has 168 valence electrons. The third-order valence-corrected chi connectivity index (χ3v) is 6.06. The van der Waals surface area contributed by atoms with E-state index in [1.165, 1.54) is 30.5 Å². The van der Waals surface area contributed by atoms with Gasteiger partial charge in [0.1, 0.15) is 29.0 Å². The first-order valence-corrected chi connectivity index (χ1v) is 10.7. The van der Waals surface area contributed by atoms with E-state index in [0.29, 0.717) is 35.5 Å². The zero-order chi connectivity index (χ0) is 23.3. The number of rotatable bonds is 3. The summed E-state index contributed by atoms with van der Waals surface area (Å²) < 4.78 is 14.9. The highest BCUT2D eigenvalue weighted by molar-refractivity contribution is 6.08. The van der Waals surface area contributed by atoms with E-state index in [4.69, 9.17) is 0 Å². The highest BCUT2D eigenvalue weighted by Crippen LogP contribution is 2.46. The molecule has 3 N–H and O–H groups in total. The van der Waals surface area contributed by atoms with Crippen LogP contribution >= 0.6 is 0 Å². The van der Waals surface area contributed by atoms with Crippen LogP contribution < -0.4 is 10.6 Å². The first-order valence-electron chi connectivity index (χ1n) is 10.7. The number of hydrogen-bond acceptors (Lipinski definition) is 5. The van der Waals surface area contributed by atoms with E-state index >= 15 is 0 Å². The number of Topliss-reactive ketones (excluding diaryl/α,β-unsaturated/α-hetero) is 1. The van der Waals surface area contributed by atoms with Crippen LogP contribution in [-0.2, 0) is 4.79 Å². The number of ketones is 1. The van der Waals surface area contributed by atoms with Gasteiger partial charge in [-0.15, -0.1) is 0 Å². The summed E-state index contributed by atoms with van der Waals surface area (Å²) in [6.07, 6.45) is 2.52. The summed E-state index contributed by atoms with van der Waals surface area (Å²) in [4.78, 5) is 26.3. The van der Waals surface area contributed by atoms with E-state index in [9.17, 15) is 19.1 Å². The molecule has 1 unspecified atom stereocenters. The van der Waals surface area contributed by atoms with Crippen LogP contribution in [0.3, 0.4) is 0 Å². The van der Waals surface area contributed by atoms with Gasteiger partial charge >= 0.3 is 0 Å². The number of fused-ring (bicyclic) bond motifs is 1. The van der Waals surface area contributed by atoms with Crippen molar-refractivity contribution in [3.05, 3.63) is 82.9 Å². The Morgan fingerprint density at radius 1 is 1.15 bits per heavy atom. The van der Waals surface area contributed by atoms with Crippen LogP contribution in [0.15, 0.2) is 66.0 Å². The summed E-state index contributed by atoms with van der Waals surface area (Å²) in [5.41, 5.74) is 2.73. The van der Waals surface area contributed by atoms with Gasteiger partial charge in [-0.05, 0) is 53.8 Å². The molecule has 8 heteroatoms. The highest BCUT2D eigenvalue weighted by Gasteiger charge is 2.42. The summed E-state index contributed by atoms with van der Waals surface area (Å²) in [5.74, 6) is -0.149. The lowest BCUT2D eigenvalue weighted by Gasteiger charge is -2.39. The number of aromatic nitrogens is 2. The maximum absolute atomic E-state index is 13.2. The lowest BCUT2D eigenvalue weighted by atomic mass is 9.73. The van der Waals surface area contributed by atoms with E-state index in [2.05, 4.69) is 15.7 Å². The quantitative estimate of drug-likeness (QED) is 0.545. The van der Waals surface area contributed by atoms with Gasteiger partial charge in [0.15, 0.2) is 5.78 Å². The smallest absolute Gasteiger partial charge is 0.261 e. The van der Waals surface area contributed by atoms with Crippen LogP contribution in [0.2, 0.25) is 0 Å². The van der Waals surface area contributed by atoms with Crippen molar-refractivity contribution in [3.63, 3.8) is 0 Å². The van der Waals surface area contributed by atoms with Crippen molar-refractivity contribution in [2.24, 2.45) is 5.41 Å². The molecule has 3 aromatic rings. The molecular formula is C25H23FN4O3. The van der Waals surface area contributed by atoms with Crippen LogP contribution in [0, 0.1) is 11.2 Å². The van der Waals surface area contributed by atoms with Gasteiger partial charge in [0, 0.05) is 23.4 Å². The van der Waals surface area contributed by atoms with Gasteiger partial charge < -0.3 is 15.7 Å². The molecule has 1 atom stereocenters. The topological polar surface area (TPSA) is 96.3 Å². The van der Waals surface area contributed by atoms with Crippen molar-refractivity contribution in [3.8, 4) is 5.75 Å².